The molecule has 0 unspecified atom stereocenters. The summed E-state index contributed by atoms with van der Waals surface area (Å²) in [7, 11) is 0. The Kier molecular flexibility index (Phi) is 3.69. The van der Waals surface area contributed by atoms with Gasteiger partial charge in [-0.1, -0.05) is 18.9 Å². The number of anilines is 1. The van der Waals surface area contributed by atoms with E-state index < -0.39 is 0 Å². The number of benzene rings is 1. The zero-order valence-electron chi connectivity index (χ0n) is 11.1. The molecule has 1 aliphatic carbocycles. The van der Waals surface area contributed by atoms with Gasteiger partial charge in [-0.05, 0) is 30.5 Å². The molecule has 3 rings (SSSR count). The molecule has 0 spiro atoms. The monoisotopic (exact) mass is 260 g/mol. The molecule has 1 heterocycles. The SMILES string of the molecule is O=C1CCOc2ccc(CNC3CCCC3)cc2N1. The summed E-state index contributed by atoms with van der Waals surface area (Å²) in [5.41, 5.74) is 1.99. The summed E-state index contributed by atoms with van der Waals surface area (Å²) in [4.78, 5) is 11.5. The minimum atomic E-state index is 0.0275. The van der Waals surface area contributed by atoms with Crippen molar-refractivity contribution >= 4 is 11.6 Å². The number of fused-ring (bicyclic) bond motifs is 1. The van der Waals surface area contributed by atoms with Gasteiger partial charge in [0.05, 0.1) is 18.7 Å². The second kappa shape index (κ2) is 5.61. The fourth-order valence-electron chi connectivity index (χ4n) is 2.77. The molecule has 0 atom stereocenters. The third-order valence-electron chi connectivity index (χ3n) is 3.85. The van der Waals surface area contributed by atoms with E-state index in [9.17, 15) is 4.79 Å². The van der Waals surface area contributed by atoms with Gasteiger partial charge in [0.25, 0.3) is 0 Å². The fraction of sp³-hybridized carbons (Fsp3) is 0.533. The van der Waals surface area contributed by atoms with E-state index in [1.807, 2.05) is 12.1 Å². The quantitative estimate of drug-likeness (QED) is 0.877. The molecule has 19 heavy (non-hydrogen) atoms. The van der Waals surface area contributed by atoms with Crippen molar-refractivity contribution in [3.05, 3.63) is 23.8 Å². The smallest absolute Gasteiger partial charge is 0.227 e. The Bertz CT molecular complexity index is 467. The lowest BCUT2D eigenvalue weighted by Crippen LogP contribution is -2.25. The number of nitrogens with one attached hydrogen (secondary N) is 2. The van der Waals surface area contributed by atoms with Gasteiger partial charge in [-0.15, -0.1) is 0 Å². The molecule has 0 radical (unpaired) electrons. The van der Waals surface area contributed by atoms with Crippen molar-refractivity contribution in [1.82, 2.24) is 5.32 Å². The predicted molar refractivity (Wildman–Crippen MR) is 74.3 cm³/mol. The van der Waals surface area contributed by atoms with Crippen molar-refractivity contribution in [3.8, 4) is 5.75 Å². The summed E-state index contributed by atoms with van der Waals surface area (Å²) in [6.07, 6.45) is 5.66. The minimum absolute atomic E-state index is 0.0275. The molecule has 1 aromatic rings. The number of hydrogen-bond acceptors (Lipinski definition) is 3. The van der Waals surface area contributed by atoms with Crippen LogP contribution in [0.15, 0.2) is 18.2 Å². The minimum Gasteiger partial charge on any atom is -0.491 e. The molecule has 102 valence electrons. The lowest BCUT2D eigenvalue weighted by molar-refractivity contribution is -0.116. The fourth-order valence-corrected chi connectivity index (χ4v) is 2.77. The maximum atomic E-state index is 11.5. The van der Waals surface area contributed by atoms with Gasteiger partial charge in [0.15, 0.2) is 0 Å². The van der Waals surface area contributed by atoms with E-state index in [2.05, 4.69) is 16.7 Å². The molecule has 1 fully saturated rings. The maximum Gasteiger partial charge on any atom is 0.227 e. The largest absolute Gasteiger partial charge is 0.491 e. The Labute approximate surface area is 113 Å². The van der Waals surface area contributed by atoms with Crippen LogP contribution in [0.2, 0.25) is 0 Å². The molecule has 0 aromatic heterocycles. The van der Waals surface area contributed by atoms with E-state index >= 15 is 0 Å². The van der Waals surface area contributed by atoms with Crippen LogP contribution in [0, 0.1) is 0 Å². The molecule has 1 amide bonds. The number of rotatable bonds is 3. The predicted octanol–water partition coefficient (Wildman–Crippen LogP) is 2.44. The van der Waals surface area contributed by atoms with Gasteiger partial charge in [0.1, 0.15) is 5.75 Å². The first-order valence-electron chi connectivity index (χ1n) is 7.10. The highest BCUT2D eigenvalue weighted by Crippen LogP contribution is 2.28. The highest BCUT2D eigenvalue weighted by molar-refractivity contribution is 5.93. The van der Waals surface area contributed by atoms with Gasteiger partial charge < -0.3 is 15.4 Å². The van der Waals surface area contributed by atoms with Crippen molar-refractivity contribution in [1.29, 1.82) is 0 Å². The molecule has 1 aliphatic heterocycles. The van der Waals surface area contributed by atoms with Crippen LogP contribution >= 0.6 is 0 Å². The van der Waals surface area contributed by atoms with E-state index in [0.717, 1.165) is 18.0 Å². The molecule has 1 saturated carbocycles. The van der Waals surface area contributed by atoms with Crippen molar-refractivity contribution in [3.63, 3.8) is 0 Å². The Morgan fingerprint density at radius 1 is 1.32 bits per heavy atom. The molecule has 0 saturated heterocycles. The van der Waals surface area contributed by atoms with Crippen molar-refractivity contribution in [2.45, 2.75) is 44.7 Å². The number of amides is 1. The van der Waals surface area contributed by atoms with Gasteiger partial charge >= 0.3 is 0 Å². The molecule has 2 N–H and O–H groups in total. The third kappa shape index (κ3) is 3.07. The normalized spacial score (nSPS) is 19.5. The van der Waals surface area contributed by atoms with Crippen molar-refractivity contribution in [2.75, 3.05) is 11.9 Å². The number of carbonyl (C=O) groups excluding carboxylic acids is 1. The van der Waals surface area contributed by atoms with Gasteiger partial charge in [0, 0.05) is 12.6 Å². The average molecular weight is 260 g/mol. The maximum absolute atomic E-state index is 11.5. The second-order valence-electron chi connectivity index (χ2n) is 5.34. The van der Waals surface area contributed by atoms with E-state index in [1.165, 1.54) is 31.2 Å². The highest BCUT2D eigenvalue weighted by Gasteiger charge is 2.16. The summed E-state index contributed by atoms with van der Waals surface area (Å²) < 4.78 is 5.55. The first-order chi connectivity index (χ1) is 9.31. The zero-order valence-corrected chi connectivity index (χ0v) is 11.1. The molecule has 0 bridgehead atoms. The summed E-state index contributed by atoms with van der Waals surface area (Å²) in [5.74, 6) is 0.801. The van der Waals surface area contributed by atoms with Crippen molar-refractivity contribution < 1.29 is 9.53 Å². The summed E-state index contributed by atoms with van der Waals surface area (Å²) >= 11 is 0. The number of ether oxygens (including phenoxy) is 1. The molecule has 4 nitrogen and oxygen atoms in total. The first kappa shape index (κ1) is 12.5. The Hall–Kier alpha value is -1.55. The molecular formula is C15H20N2O2. The Morgan fingerprint density at radius 3 is 3.00 bits per heavy atom. The molecule has 1 aromatic carbocycles. The summed E-state index contributed by atoms with van der Waals surface area (Å²) in [6.45, 7) is 1.31. The highest BCUT2D eigenvalue weighted by atomic mass is 16.5. The molecule has 4 heteroatoms. The molecule has 2 aliphatic rings. The summed E-state index contributed by atoms with van der Waals surface area (Å²) in [6, 6.07) is 6.69. The third-order valence-corrected chi connectivity index (χ3v) is 3.85. The van der Waals surface area contributed by atoms with E-state index in [4.69, 9.17) is 4.74 Å². The lowest BCUT2D eigenvalue weighted by atomic mass is 10.1. The number of carbonyl (C=O) groups is 1. The van der Waals surface area contributed by atoms with Crippen LogP contribution in [0.3, 0.4) is 0 Å². The molecular weight excluding hydrogens is 240 g/mol. The van der Waals surface area contributed by atoms with Crippen LogP contribution in [-0.4, -0.2) is 18.6 Å². The van der Waals surface area contributed by atoms with E-state index in [1.54, 1.807) is 0 Å². The van der Waals surface area contributed by atoms with Crippen LogP contribution in [0.4, 0.5) is 5.69 Å². The van der Waals surface area contributed by atoms with E-state index in [-0.39, 0.29) is 5.91 Å². The topological polar surface area (TPSA) is 50.4 Å². The standard InChI is InChI=1S/C15H20N2O2/c18-15-7-8-19-14-6-5-11(9-13(14)17-15)10-16-12-3-1-2-4-12/h5-6,9,12,16H,1-4,7-8,10H2,(H,17,18). The lowest BCUT2D eigenvalue weighted by Gasteiger charge is -2.13. The van der Waals surface area contributed by atoms with Crippen molar-refractivity contribution in [2.24, 2.45) is 0 Å². The summed E-state index contributed by atoms with van der Waals surface area (Å²) in [5, 5.41) is 6.48. The van der Waals surface area contributed by atoms with Crippen LogP contribution in [0.5, 0.6) is 5.75 Å². The van der Waals surface area contributed by atoms with Gasteiger partial charge in [-0.25, -0.2) is 0 Å². The number of hydrogen-bond donors (Lipinski definition) is 2. The Balaban J connectivity index is 1.67. The Morgan fingerprint density at radius 2 is 2.16 bits per heavy atom. The van der Waals surface area contributed by atoms with Crippen LogP contribution in [0.1, 0.15) is 37.7 Å². The van der Waals surface area contributed by atoms with Gasteiger partial charge in [0.2, 0.25) is 5.91 Å². The van der Waals surface area contributed by atoms with Crippen LogP contribution < -0.4 is 15.4 Å². The van der Waals surface area contributed by atoms with E-state index in [0.29, 0.717) is 19.1 Å². The average Bonchev–Trinajstić information content (AvgIpc) is 2.85. The van der Waals surface area contributed by atoms with Gasteiger partial charge in [-0.3, -0.25) is 4.79 Å². The first-order valence-corrected chi connectivity index (χ1v) is 7.10. The second-order valence-corrected chi connectivity index (χ2v) is 5.34. The zero-order chi connectivity index (χ0) is 13.1. The van der Waals surface area contributed by atoms with Crippen LogP contribution in [-0.2, 0) is 11.3 Å². The van der Waals surface area contributed by atoms with Crippen LogP contribution in [0.25, 0.3) is 0 Å². The van der Waals surface area contributed by atoms with Gasteiger partial charge in [-0.2, -0.15) is 0 Å².